The molecule has 0 saturated carbocycles. The van der Waals surface area contributed by atoms with E-state index in [-0.39, 0.29) is 35.3 Å². The fraction of sp³-hybridized carbons (Fsp3) is 0.312. The van der Waals surface area contributed by atoms with Gasteiger partial charge in [0.1, 0.15) is 0 Å². The molecule has 1 fully saturated rings. The van der Waals surface area contributed by atoms with E-state index in [1.165, 1.54) is 6.21 Å². The molecule has 1 saturated heterocycles. The maximum absolute atomic E-state index is 11.9. The molecule has 2 N–H and O–H groups in total. The highest BCUT2D eigenvalue weighted by molar-refractivity contribution is 7.91. The maximum Gasteiger partial charge on any atom is 0.257 e. The summed E-state index contributed by atoms with van der Waals surface area (Å²) in [4.78, 5) is 26.5. The molecule has 1 aliphatic rings. The van der Waals surface area contributed by atoms with Gasteiger partial charge in [-0.15, -0.1) is 0 Å². The summed E-state index contributed by atoms with van der Waals surface area (Å²) in [5.41, 5.74) is 3.10. The summed E-state index contributed by atoms with van der Waals surface area (Å²) in [6.45, 7) is 0. The number of sulfone groups is 1. The third kappa shape index (κ3) is 3.88. The van der Waals surface area contributed by atoms with E-state index in [4.69, 9.17) is 0 Å². The van der Waals surface area contributed by atoms with Crippen LogP contribution in [-0.2, 0) is 14.6 Å². The van der Waals surface area contributed by atoms with Gasteiger partial charge in [-0.3, -0.25) is 9.59 Å². The van der Waals surface area contributed by atoms with Gasteiger partial charge in [-0.2, -0.15) is 5.10 Å². The first kappa shape index (κ1) is 16.4. The van der Waals surface area contributed by atoms with Crippen LogP contribution < -0.4 is 11.0 Å². The minimum Gasteiger partial charge on any atom is -0.321 e. The molecule has 126 valence electrons. The van der Waals surface area contributed by atoms with Crippen LogP contribution in [0.5, 0.6) is 0 Å². The highest BCUT2D eigenvalue weighted by Gasteiger charge is 2.29. The number of aromatic nitrogens is 1. The van der Waals surface area contributed by atoms with Gasteiger partial charge in [-0.1, -0.05) is 18.2 Å². The van der Waals surface area contributed by atoms with E-state index in [1.807, 2.05) is 18.2 Å². The fourth-order valence-electron chi connectivity index (χ4n) is 2.77. The van der Waals surface area contributed by atoms with Gasteiger partial charge in [0.15, 0.2) is 9.84 Å². The minimum atomic E-state index is -2.99. The van der Waals surface area contributed by atoms with Crippen molar-refractivity contribution in [3.05, 3.63) is 46.2 Å². The Morgan fingerprint density at radius 1 is 1.38 bits per heavy atom. The van der Waals surface area contributed by atoms with Crippen molar-refractivity contribution in [1.82, 2.24) is 10.4 Å². The summed E-state index contributed by atoms with van der Waals surface area (Å²) in [7, 11) is -2.99. The lowest BCUT2D eigenvalue weighted by atomic mass is 10.1. The molecule has 1 aliphatic heterocycles. The highest BCUT2D eigenvalue weighted by atomic mass is 32.2. The normalized spacial score (nSPS) is 19.8. The summed E-state index contributed by atoms with van der Waals surface area (Å²) in [5, 5.41) is 4.66. The summed E-state index contributed by atoms with van der Waals surface area (Å²) in [6, 6.07) is 9.04. The van der Waals surface area contributed by atoms with Gasteiger partial charge in [-0.25, -0.2) is 13.8 Å². The second kappa shape index (κ2) is 6.56. The largest absolute Gasteiger partial charge is 0.321 e. The van der Waals surface area contributed by atoms with Gasteiger partial charge >= 0.3 is 0 Å². The highest BCUT2D eigenvalue weighted by Crippen LogP contribution is 2.21. The molecule has 24 heavy (non-hydrogen) atoms. The summed E-state index contributed by atoms with van der Waals surface area (Å²) >= 11 is 0. The van der Waals surface area contributed by atoms with E-state index in [0.29, 0.717) is 12.0 Å². The Morgan fingerprint density at radius 3 is 2.92 bits per heavy atom. The molecular formula is C16H17N3O4S. The molecule has 1 amide bonds. The van der Waals surface area contributed by atoms with Crippen LogP contribution in [0.15, 0.2) is 40.2 Å². The van der Waals surface area contributed by atoms with Crippen molar-refractivity contribution >= 4 is 32.9 Å². The lowest BCUT2D eigenvalue weighted by Gasteiger charge is -2.05. The Kier molecular flexibility index (Phi) is 4.48. The number of benzene rings is 1. The lowest BCUT2D eigenvalue weighted by Crippen LogP contribution is -2.22. The number of H-pyrrole nitrogens is 1. The zero-order valence-electron chi connectivity index (χ0n) is 12.9. The average Bonchev–Trinajstić information content (AvgIpc) is 2.86. The van der Waals surface area contributed by atoms with E-state index < -0.39 is 9.84 Å². The van der Waals surface area contributed by atoms with Crippen LogP contribution >= 0.6 is 0 Å². The molecule has 1 aromatic carbocycles. The van der Waals surface area contributed by atoms with Crippen LogP contribution in [0.25, 0.3) is 10.9 Å². The van der Waals surface area contributed by atoms with Gasteiger partial charge in [0, 0.05) is 11.9 Å². The van der Waals surface area contributed by atoms with Gasteiger partial charge < -0.3 is 4.98 Å². The number of nitrogens with zero attached hydrogens (tertiary/aromatic N) is 1. The number of amides is 1. The topological polar surface area (TPSA) is 108 Å². The predicted octanol–water partition coefficient (Wildman–Crippen LogP) is 0.803. The number of aromatic amines is 1. The van der Waals surface area contributed by atoms with Gasteiger partial charge in [0.05, 0.1) is 23.3 Å². The standard InChI is InChI=1S/C16H17N3O4S/c20-15(7-11-5-6-24(22,23)10-11)19-17-9-13-8-12-3-1-2-4-14(12)18-16(13)21/h1-4,8-9,11H,5-7,10H2,(H,18,21)(H,19,20)/b17-9+/t11-/m1/s1. The van der Waals surface area contributed by atoms with Crippen molar-refractivity contribution in [3.8, 4) is 0 Å². The number of fused-ring (bicyclic) bond motifs is 1. The maximum atomic E-state index is 11.9. The van der Waals surface area contributed by atoms with Crippen LogP contribution in [0, 0.1) is 5.92 Å². The van der Waals surface area contributed by atoms with E-state index in [0.717, 1.165) is 10.9 Å². The number of hydrogen-bond acceptors (Lipinski definition) is 5. The molecule has 0 radical (unpaired) electrons. The molecule has 1 aromatic heterocycles. The number of carbonyl (C=O) groups is 1. The van der Waals surface area contributed by atoms with Crippen LogP contribution in [0.1, 0.15) is 18.4 Å². The number of hydrazone groups is 1. The van der Waals surface area contributed by atoms with Gasteiger partial charge in [0.2, 0.25) is 5.91 Å². The van der Waals surface area contributed by atoms with Gasteiger partial charge in [-0.05, 0) is 29.9 Å². The minimum absolute atomic E-state index is 0.0501. The number of carbonyl (C=O) groups excluding carboxylic acids is 1. The third-order valence-electron chi connectivity index (χ3n) is 3.98. The number of pyridine rings is 1. The van der Waals surface area contributed by atoms with Crippen LogP contribution in [0.4, 0.5) is 0 Å². The predicted molar refractivity (Wildman–Crippen MR) is 91.7 cm³/mol. The second-order valence-corrected chi connectivity index (χ2v) is 8.14. The van der Waals surface area contributed by atoms with Crippen molar-refractivity contribution in [2.45, 2.75) is 12.8 Å². The first-order valence-corrected chi connectivity index (χ1v) is 9.39. The van der Waals surface area contributed by atoms with Crippen LogP contribution in [-0.4, -0.2) is 37.0 Å². The molecule has 0 bridgehead atoms. The molecule has 3 rings (SSSR count). The Bertz CT molecular complexity index is 963. The molecule has 7 nitrogen and oxygen atoms in total. The molecule has 2 aromatic rings. The Labute approximate surface area is 138 Å². The zero-order valence-corrected chi connectivity index (χ0v) is 13.7. The Hall–Kier alpha value is -2.48. The van der Waals surface area contributed by atoms with E-state index in [1.54, 1.807) is 12.1 Å². The first-order valence-electron chi connectivity index (χ1n) is 7.57. The number of nitrogens with one attached hydrogen (secondary N) is 2. The van der Waals surface area contributed by atoms with Crippen LogP contribution in [0.3, 0.4) is 0 Å². The molecule has 0 spiro atoms. The van der Waals surface area contributed by atoms with Crippen molar-refractivity contribution < 1.29 is 13.2 Å². The van der Waals surface area contributed by atoms with E-state index >= 15 is 0 Å². The second-order valence-electron chi connectivity index (χ2n) is 5.91. The summed E-state index contributed by atoms with van der Waals surface area (Å²) in [6.07, 6.45) is 1.91. The average molecular weight is 347 g/mol. The molecule has 2 heterocycles. The summed E-state index contributed by atoms with van der Waals surface area (Å²) < 4.78 is 22.7. The van der Waals surface area contributed by atoms with Crippen molar-refractivity contribution in [3.63, 3.8) is 0 Å². The number of rotatable bonds is 4. The monoisotopic (exact) mass is 347 g/mol. The lowest BCUT2D eigenvalue weighted by molar-refractivity contribution is -0.121. The Morgan fingerprint density at radius 2 is 2.17 bits per heavy atom. The van der Waals surface area contributed by atoms with E-state index in [9.17, 15) is 18.0 Å². The molecule has 8 heteroatoms. The fourth-order valence-corrected chi connectivity index (χ4v) is 4.64. The number of hydrogen-bond donors (Lipinski definition) is 2. The summed E-state index contributed by atoms with van der Waals surface area (Å²) in [5.74, 6) is -0.324. The molecule has 0 aliphatic carbocycles. The van der Waals surface area contributed by atoms with Crippen molar-refractivity contribution in [1.29, 1.82) is 0 Å². The zero-order chi connectivity index (χ0) is 17.2. The van der Waals surface area contributed by atoms with Crippen LogP contribution in [0.2, 0.25) is 0 Å². The number of para-hydroxylation sites is 1. The van der Waals surface area contributed by atoms with Gasteiger partial charge in [0.25, 0.3) is 5.56 Å². The molecular weight excluding hydrogens is 330 g/mol. The first-order chi connectivity index (χ1) is 11.4. The Balaban J connectivity index is 1.63. The van der Waals surface area contributed by atoms with Crippen molar-refractivity contribution in [2.75, 3.05) is 11.5 Å². The third-order valence-corrected chi connectivity index (χ3v) is 5.81. The molecule has 1 atom stereocenters. The quantitative estimate of drug-likeness (QED) is 0.630. The van der Waals surface area contributed by atoms with Crippen molar-refractivity contribution in [2.24, 2.45) is 11.0 Å². The smallest absolute Gasteiger partial charge is 0.257 e. The molecule has 0 unspecified atom stereocenters. The van der Waals surface area contributed by atoms with E-state index in [2.05, 4.69) is 15.5 Å². The SMILES string of the molecule is O=C(C[C@H]1CCS(=O)(=O)C1)N/N=C/c1cc2ccccc2[nH]c1=O.